The van der Waals surface area contributed by atoms with Crippen molar-refractivity contribution in [1.29, 1.82) is 0 Å². The molecular weight excluding hydrogens is 388 g/mol. The molecular formula is C23H38O7. The van der Waals surface area contributed by atoms with Gasteiger partial charge in [0.2, 0.25) is 0 Å². The molecule has 7 nitrogen and oxygen atoms in total. The summed E-state index contributed by atoms with van der Waals surface area (Å²) >= 11 is 0. The van der Waals surface area contributed by atoms with Crippen LogP contribution >= 0.6 is 0 Å². The van der Waals surface area contributed by atoms with Gasteiger partial charge in [-0.2, -0.15) is 0 Å². The standard InChI is InChI=1S/C23H38O7/c1-7-15-17-13-9-14(18(17)16(8-2)30-15)20(19(13)21(24)28-11-26-6)22(25)29-12-27-10-23(3,4)5/h13-20H,7-12H2,1-6H3. The highest BCUT2D eigenvalue weighted by molar-refractivity contribution is 5.84. The Labute approximate surface area is 180 Å². The second-order valence-electron chi connectivity index (χ2n) is 10.2. The molecule has 2 saturated carbocycles. The highest BCUT2D eigenvalue weighted by Crippen LogP contribution is 2.64. The van der Waals surface area contributed by atoms with Gasteiger partial charge in [0, 0.05) is 7.11 Å². The molecule has 7 heteroatoms. The zero-order valence-electron chi connectivity index (χ0n) is 19.2. The number of esters is 2. The summed E-state index contributed by atoms with van der Waals surface area (Å²) in [6.45, 7) is 10.7. The van der Waals surface area contributed by atoms with Crippen LogP contribution in [0, 0.1) is 40.9 Å². The zero-order valence-corrected chi connectivity index (χ0v) is 19.2. The average Bonchev–Trinajstić information content (AvgIpc) is 3.37. The molecule has 8 unspecified atom stereocenters. The van der Waals surface area contributed by atoms with Gasteiger partial charge in [0.25, 0.3) is 0 Å². The van der Waals surface area contributed by atoms with E-state index in [-0.39, 0.29) is 55.0 Å². The van der Waals surface area contributed by atoms with Gasteiger partial charge in [0.05, 0.1) is 30.7 Å². The van der Waals surface area contributed by atoms with E-state index in [9.17, 15) is 9.59 Å². The molecule has 0 spiro atoms. The van der Waals surface area contributed by atoms with Crippen molar-refractivity contribution in [1.82, 2.24) is 0 Å². The van der Waals surface area contributed by atoms with E-state index in [1.165, 1.54) is 7.11 Å². The quantitative estimate of drug-likeness (QED) is 0.318. The van der Waals surface area contributed by atoms with Crippen LogP contribution < -0.4 is 0 Å². The first-order valence-electron chi connectivity index (χ1n) is 11.3. The highest BCUT2D eigenvalue weighted by Gasteiger charge is 2.68. The normalized spacial score (nSPS) is 37.3. The van der Waals surface area contributed by atoms with E-state index in [0.717, 1.165) is 19.3 Å². The van der Waals surface area contributed by atoms with E-state index in [1.807, 2.05) is 0 Å². The number of ether oxygens (including phenoxy) is 5. The van der Waals surface area contributed by atoms with Crippen LogP contribution in [-0.2, 0) is 33.3 Å². The van der Waals surface area contributed by atoms with Crippen LogP contribution in [0.2, 0.25) is 0 Å². The fraction of sp³-hybridized carbons (Fsp3) is 0.913. The Balaban J connectivity index is 1.76. The van der Waals surface area contributed by atoms with Gasteiger partial charge in [-0.15, -0.1) is 0 Å². The summed E-state index contributed by atoms with van der Waals surface area (Å²) in [4.78, 5) is 26.0. The van der Waals surface area contributed by atoms with Gasteiger partial charge < -0.3 is 23.7 Å². The third kappa shape index (κ3) is 4.53. The van der Waals surface area contributed by atoms with Gasteiger partial charge in [0.1, 0.15) is 0 Å². The summed E-state index contributed by atoms with van der Waals surface area (Å²) < 4.78 is 27.6. The number of hydrogen-bond donors (Lipinski definition) is 0. The maximum absolute atomic E-state index is 13.1. The molecule has 0 N–H and O–H groups in total. The Hall–Kier alpha value is -1.18. The second-order valence-corrected chi connectivity index (χ2v) is 10.2. The molecule has 2 aliphatic carbocycles. The predicted octanol–water partition coefficient (Wildman–Crippen LogP) is 3.40. The molecule has 1 heterocycles. The van der Waals surface area contributed by atoms with Crippen molar-refractivity contribution < 1.29 is 33.3 Å². The molecule has 2 bridgehead atoms. The smallest absolute Gasteiger partial charge is 0.312 e. The molecule has 172 valence electrons. The lowest BCUT2D eigenvalue weighted by Crippen LogP contribution is -2.45. The predicted molar refractivity (Wildman–Crippen MR) is 109 cm³/mol. The van der Waals surface area contributed by atoms with Crippen molar-refractivity contribution in [2.45, 2.75) is 66.1 Å². The summed E-state index contributed by atoms with van der Waals surface area (Å²) in [7, 11) is 1.48. The maximum atomic E-state index is 13.1. The molecule has 30 heavy (non-hydrogen) atoms. The molecule has 1 aliphatic heterocycles. The van der Waals surface area contributed by atoms with E-state index >= 15 is 0 Å². The van der Waals surface area contributed by atoms with Crippen LogP contribution in [0.3, 0.4) is 0 Å². The third-order valence-corrected chi connectivity index (χ3v) is 6.98. The lowest BCUT2D eigenvalue weighted by atomic mass is 9.65. The molecule has 0 aromatic heterocycles. The monoisotopic (exact) mass is 426 g/mol. The van der Waals surface area contributed by atoms with E-state index in [1.54, 1.807) is 0 Å². The number of fused-ring (bicyclic) bond motifs is 5. The molecule has 0 aromatic carbocycles. The highest BCUT2D eigenvalue weighted by atomic mass is 16.7. The summed E-state index contributed by atoms with van der Waals surface area (Å²) in [6.07, 6.45) is 2.95. The number of rotatable bonds is 9. The molecule has 8 atom stereocenters. The third-order valence-electron chi connectivity index (χ3n) is 6.98. The first-order valence-corrected chi connectivity index (χ1v) is 11.3. The minimum atomic E-state index is -0.507. The Morgan fingerprint density at radius 3 is 1.83 bits per heavy atom. The average molecular weight is 427 g/mol. The van der Waals surface area contributed by atoms with Crippen LogP contribution in [-0.4, -0.2) is 51.4 Å². The molecule has 0 aromatic rings. The van der Waals surface area contributed by atoms with E-state index in [0.29, 0.717) is 18.4 Å². The second kappa shape index (κ2) is 9.53. The van der Waals surface area contributed by atoms with Gasteiger partial charge in [-0.25, -0.2) is 0 Å². The van der Waals surface area contributed by atoms with Crippen molar-refractivity contribution in [2.75, 3.05) is 27.3 Å². The fourth-order valence-corrected chi connectivity index (χ4v) is 6.09. The number of carbonyl (C=O) groups excluding carboxylic acids is 2. The Bertz CT molecular complexity index is 613. The van der Waals surface area contributed by atoms with Crippen LogP contribution in [0.15, 0.2) is 0 Å². The molecule has 0 amide bonds. The molecule has 0 radical (unpaired) electrons. The molecule has 3 rings (SSSR count). The first kappa shape index (κ1) is 23.5. The zero-order chi connectivity index (χ0) is 22.1. The van der Waals surface area contributed by atoms with Crippen molar-refractivity contribution >= 4 is 11.9 Å². The van der Waals surface area contributed by atoms with E-state index < -0.39 is 11.8 Å². The van der Waals surface area contributed by atoms with Crippen LogP contribution in [0.4, 0.5) is 0 Å². The van der Waals surface area contributed by atoms with Crippen LogP contribution in [0.5, 0.6) is 0 Å². The van der Waals surface area contributed by atoms with Gasteiger partial charge in [0.15, 0.2) is 13.6 Å². The summed E-state index contributed by atoms with van der Waals surface area (Å²) in [6, 6.07) is 0. The minimum absolute atomic E-state index is 0.0107. The molecule has 3 fully saturated rings. The topological polar surface area (TPSA) is 80.3 Å². The van der Waals surface area contributed by atoms with E-state index in [4.69, 9.17) is 23.7 Å². The summed E-state index contributed by atoms with van der Waals surface area (Å²) in [5.74, 6) is -0.979. The van der Waals surface area contributed by atoms with E-state index in [2.05, 4.69) is 34.6 Å². The van der Waals surface area contributed by atoms with Crippen molar-refractivity contribution in [3.63, 3.8) is 0 Å². The van der Waals surface area contributed by atoms with Crippen LogP contribution in [0.25, 0.3) is 0 Å². The van der Waals surface area contributed by atoms with Gasteiger partial charge in [-0.05, 0) is 48.3 Å². The molecule has 1 saturated heterocycles. The SMILES string of the molecule is CCC1OC(CC)C2C3CC(C(C(=O)OCOC)C3C(=O)OCOCC(C)(C)C)C12. The van der Waals surface area contributed by atoms with Crippen molar-refractivity contribution in [3.8, 4) is 0 Å². The maximum Gasteiger partial charge on any atom is 0.312 e. The largest absolute Gasteiger partial charge is 0.438 e. The number of methoxy groups -OCH3 is 1. The Kier molecular flexibility index (Phi) is 7.46. The minimum Gasteiger partial charge on any atom is -0.438 e. The lowest BCUT2D eigenvalue weighted by Gasteiger charge is -2.37. The van der Waals surface area contributed by atoms with Crippen molar-refractivity contribution in [3.05, 3.63) is 0 Å². The number of carbonyl (C=O) groups is 2. The van der Waals surface area contributed by atoms with Crippen molar-refractivity contribution in [2.24, 2.45) is 40.9 Å². The summed E-state index contributed by atoms with van der Waals surface area (Å²) in [5.41, 5.74) is -0.0107. The van der Waals surface area contributed by atoms with Gasteiger partial charge in [-0.1, -0.05) is 34.6 Å². The molecule has 3 aliphatic rings. The van der Waals surface area contributed by atoms with Gasteiger partial charge in [-0.3, -0.25) is 9.59 Å². The number of hydrogen-bond acceptors (Lipinski definition) is 7. The fourth-order valence-electron chi connectivity index (χ4n) is 6.09. The summed E-state index contributed by atoms with van der Waals surface area (Å²) in [5, 5.41) is 0. The Morgan fingerprint density at radius 2 is 1.40 bits per heavy atom. The van der Waals surface area contributed by atoms with Crippen LogP contribution in [0.1, 0.15) is 53.9 Å². The van der Waals surface area contributed by atoms with Gasteiger partial charge >= 0.3 is 11.9 Å². The Morgan fingerprint density at radius 1 is 0.900 bits per heavy atom. The lowest BCUT2D eigenvalue weighted by molar-refractivity contribution is -0.178. The first-order chi connectivity index (χ1) is 14.2.